The van der Waals surface area contributed by atoms with Gasteiger partial charge in [-0.15, -0.1) is 0 Å². The predicted octanol–water partition coefficient (Wildman–Crippen LogP) is 2.85. The third kappa shape index (κ3) is 2.77. The minimum Gasteiger partial charge on any atom is -0.481 e. The Balaban J connectivity index is 2.32. The average molecular weight is 294 g/mol. The highest BCUT2D eigenvalue weighted by Gasteiger charge is 2.10. The molecule has 0 heterocycles. The van der Waals surface area contributed by atoms with E-state index in [1.807, 2.05) is 36.4 Å². The number of hydrogen-bond donors (Lipinski definition) is 1. The van der Waals surface area contributed by atoms with Crippen molar-refractivity contribution in [2.75, 3.05) is 0 Å². The molecule has 17 heavy (non-hydrogen) atoms. The normalized spacial score (nSPS) is 12.4. The summed E-state index contributed by atoms with van der Waals surface area (Å²) < 4.78 is 6.46. The number of halogens is 1. The Labute approximate surface area is 108 Å². The summed E-state index contributed by atoms with van der Waals surface area (Å²) in [6, 6.07) is 11.6. The summed E-state index contributed by atoms with van der Waals surface area (Å²) in [5, 5.41) is 2.17. The second-order valence-electron chi connectivity index (χ2n) is 3.82. The molecule has 0 aromatic heterocycles. The fraction of sp³-hybridized carbons (Fsp3) is 0.154. The SMILES string of the molecule is CC(Oc1ccc2cc(Br)ccc2c1)C(N)=O. The van der Waals surface area contributed by atoms with Crippen LogP contribution in [0.4, 0.5) is 0 Å². The number of rotatable bonds is 3. The number of amides is 1. The van der Waals surface area contributed by atoms with E-state index in [4.69, 9.17) is 10.5 Å². The molecular weight excluding hydrogens is 282 g/mol. The molecule has 0 aliphatic heterocycles. The van der Waals surface area contributed by atoms with Gasteiger partial charge >= 0.3 is 0 Å². The van der Waals surface area contributed by atoms with Gasteiger partial charge in [0.05, 0.1) is 0 Å². The Bertz CT molecular complexity index is 568. The lowest BCUT2D eigenvalue weighted by Gasteiger charge is -2.11. The topological polar surface area (TPSA) is 52.3 Å². The Hall–Kier alpha value is -1.55. The molecule has 88 valence electrons. The van der Waals surface area contributed by atoms with Crippen molar-refractivity contribution in [3.63, 3.8) is 0 Å². The molecule has 1 unspecified atom stereocenters. The first kappa shape index (κ1) is 11.9. The second-order valence-corrected chi connectivity index (χ2v) is 4.73. The van der Waals surface area contributed by atoms with Crippen molar-refractivity contribution in [2.45, 2.75) is 13.0 Å². The minimum atomic E-state index is -0.622. The lowest BCUT2D eigenvalue weighted by molar-refractivity contribution is -0.123. The van der Waals surface area contributed by atoms with Crippen LogP contribution in [0.15, 0.2) is 40.9 Å². The van der Waals surface area contributed by atoms with Crippen molar-refractivity contribution in [3.8, 4) is 5.75 Å². The molecule has 2 aromatic carbocycles. The fourth-order valence-electron chi connectivity index (χ4n) is 1.53. The fourth-order valence-corrected chi connectivity index (χ4v) is 1.91. The van der Waals surface area contributed by atoms with Gasteiger partial charge in [0.25, 0.3) is 5.91 Å². The molecular formula is C13H12BrNO2. The van der Waals surface area contributed by atoms with E-state index >= 15 is 0 Å². The zero-order chi connectivity index (χ0) is 12.4. The molecule has 4 heteroatoms. The second kappa shape index (κ2) is 4.75. The van der Waals surface area contributed by atoms with Gasteiger partial charge in [0.15, 0.2) is 6.10 Å². The van der Waals surface area contributed by atoms with E-state index in [1.165, 1.54) is 0 Å². The van der Waals surface area contributed by atoms with Gasteiger partial charge in [0.1, 0.15) is 5.75 Å². The molecule has 3 nitrogen and oxygen atoms in total. The van der Waals surface area contributed by atoms with Crippen LogP contribution in [0.1, 0.15) is 6.92 Å². The van der Waals surface area contributed by atoms with Crippen LogP contribution < -0.4 is 10.5 Å². The summed E-state index contributed by atoms with van der Waals surface area (Å²) in [4.78, 5) is 10.9. The van der Waals surface area contributed by atoms with Crippen LogP contribution in [0.25, 0.3) is 10.8 Å². The van der Waals surface area contributed by atoms with Crippen LogP contribution in [0.5, 0.6) is 5.75 Å². The average Bonchev–Trinajstić information content (AvgIpc) is 2.29. The van der Waals surface area contributed by atoms with Crippen LogP contribution >= 0.6 is 15.9 Å². The number of carbonyl (C=O) groups is 1. The zero-order valence-electron chi connectivity index (χ0n) is 9.31. The summed E-state index contributed by atoms with van der Waals surface area (Å²) in [7, 11) is 0. The molecule has 1 amide bonds. The first-order valence-corrected chi connectivity index (χ1v) is 6.01. The minimum absolute atomic E-state index is 0.471. The maximum atomic E-state index is 10.9. The third-order valence-corrected chi connectivity index (χ3v) is 2.98. The number of primary amides is 1. The van der Waals surface area contributed by atoms with E-state index in [0.717, 1.165) is 15.2 Å². The number of fused-ring (bicyclic) bond motifs is 1. The van der Waals surface area contributed by atoms with E-state index in [2.05, 4.69) is 15.9 Å². The molecule has 2 aromatic rings. The standard InChI is InChI=1S/C13H12BrNO2/c1-8(13(15)16)17-12-5-3-9-6-11(14)4-2-10(9)7-12/h2-8H,1H3,(H2,15,16). The van der Waals surface area contributed by atoms with Gasteiger partial charge in [-0.1, -0.05) is 28.1 Å². The van der Waals surface area contributed by atoms with Crippen molar-refractivity contribution in [1.29, 1.82) is 0 Å². The van der Waals surface area contributed by atoms with Crippen LogP contribution in [0, 0.1) is 0 Å². The Kier molecular flexibility index (Phi) is 3.33. The molecule has 0 saturated heterocycles. The van der Waals surface area contributed by atoms with Gasteiger partial charge in [-0.05, 0) is 42.0 Å². The van der Waals surface area contributed by atoms with E-state index in [-0.39, 0.29) is 0 Å². The van der Waals surface area contributed by atoms with Gasteiger partial charge in [0, 0.05) is 4.47 Å². The quantitative estimate of drug-likeness (QED) is 0.946. The smallest absolute Gasteiger partial charge is 0.258 e. The first-order chi connectivity index (χ1) is 8.06. The molecule has 0 aliphatic carbocycles. The largest absolute Gasteiger partial charge is 0.481 e. The van der Waals surface area contributed by atoms with E-state index in [0.29, 0.717) is 5.75 Å². The van der Waals surface area contributed by atoms with Gasteiger partial charge in [-0.2, -0.15) is 0 Å². The van der Waals surface area contributed by atoms with Gasteiger partial charge in [0.2, 0.25) is 0 Å². The summed E-state index contributed by atoms with van der Waals surface area (Å²) >= 11 is 3.42. The highest BCUT2D eigenvalue weighted by Crippen LogP contribution is 2.24. The summed E-state index contributed by atoms with van der Waals surface area (Å²) in [6.45, 7) is 1.63. The van der Waals surface area contributed by atoms with E-state index in [9.17, 15) is 4.79 Å². The molecule has 0 radical (unpaired) electrons. The Morgan fingerprint density at radius 3 is 2.59 bits per heavy atom. The van der Waals surface area contributed by atoms with Crippen molar-refractivity contribution in [3.05, 3.63) is 40.9 Å². The van der Waals surface area contributed by atoms with Crippen LogP contribution in [0.2, 0.25) is 0 Å². The lowest BCUT2D eigenvalue weighted by atomic mass is 10.1. The molecule has 0 saturated carbocycles. The monoisotopic (exact) mass is 293 g/mol. The lowest BCUT2D eigenvalue weighted by Crippen LogP contribution is -2.30. The highest BCUT2D eigenvalue weighted by atomic mass is 79.9. The summed E-state index contributed by atoms with van der Waals surface area (Å²) in [6.07, 6.45) is -0.622. The summed E-state index contributed by atoms with van der Waals surface area (Å²) in [5.74, 6) is 0.173. The predicted molar refractivity (Wildman–Crippen MR) is 70.9 cm³/mol. The summed E-state index contributed by atoms with van der Waals surface area (Å²) in [5.41, 5.74) is 5.15. The number of benzene rings is 2. The van der Waals surface area contributed by atoms with Crippen LogP contribution in [-0.4, -0.2) is 12.0 Å². The number of hydrogen-bond acceptors (Lipinski definition) is 2. The zero-order valence-corrected chi connectivity index (χ0v) is 10.9. The van der Waals surface area contributed by atoms with Gasteiger partial charge < -0.3 is 10.5 Å². The van der Waals surface area contributed by atoms with Crippen molar-refractivity contribution in [2.24, 2.45) is 5.73 Å². The third-order valence-electron chi connectivity index (χ3n) is 2.49. The Morgan fingerprint density at radius 1 is 1.24 bits per heavy atom. The van der Waals surface area contributed by atoms with E-state index in [1.54, 1.807) is 6.92 Å². The van der Waals surface area contributed by atoms with Gasteiger partial charge in [-0.3, -0.25) is 4.79 Å². The molecule has 0 bridgehead atoms. The van der Waals surface area contributed by atoms with Crippen molar-refractivity contribution >= 4 is 32.6 Å². The molecule has 2 N–H and O–H groups in total. The molecule has 0 fully saturated rings. The number of ether oxygens (including phenoxy) is 1. The van der Waals surface area contributed by atoms with Crippen molar-refractivity contribution < 1.29 is 9.53 Å². The van der Waals surface area contributed by atoms with E-state index < -0.39 is 12.0 Å². The molecule has 0 spiro atoms. The Morgan fingerprint density at radius 2 is 1.88 bits per heavy atom. The van der Waals surface area contributed by atoms with Crippen LogP contribution in [-0.2, 0) is 4.79 Å². The molecule has 2 rings (SSSR count). The van der Waals surface area contributed by atoms with Crippen LogP contribution in [0.3, 0.4) is 0 Å². The maximum Gasteiger partial charge on any atom is 0.258 e. The van der Waals surface area contributed by atoms with Gasteiger partial charge in [-0.25, -0.2) is 0 Å². The number of nitrogens with two attached hydrogens (primary N) is 1. The maximum absolute atomic E-state index is 10.9. The van der Waals surface area contributed by atoms with Crippen molar-refractivity contribution in [1.82, 2.24) is 0 Å². The highest BCUT2D eigenvalue weighted by molar-refractivity contribution is 9.10. The number of carbonyl (C=O) groups excluding carboxylic acids is 1. The molecule has 0 aliphatic rings. The first-order valence-electron chi connectivity index (χ1n) is 5.21. The molecule has 1 atom stereocenters.